The molecule has 1 aliphatic rings. The van der Waals surface area contributed by atoms with Gasteiger partial charge in [-0.15, -0.1) is 0 Å². The molecular formula is C22H28F3N5O2. The van der Waals surface area contributed by atoms with Crippen molar-refractivity contribution in [3.8, 4) is 5.82 Å². The molecule has 7 nitrogen and oxygen atoms in total. The van der Waals surface area contributed by atoms with Crippen molar-refractivity contribution in [2.45, 2.75) is 58.0 Å². The minimum Gasteiger partial charge on any atom is -0.352 e. The van der Waals surface area contributed by atoms with Gasteiger partial charge in [-0.25, -0.2) is 9.67 Å². The lowest BCUT2D eigenvalue weighted by atomic mass is 10.1. The first-order valence-electron chi connectivity index (χ1n) is 10.9. The van der Waals surface area contributed by atoms with Gasteiger partial charge >= 0.3 is 6.18 Å². The van der Waals surface area contributed by atoms with Crippen LogP contribution in [-0.2, 0) is 11.0 Å². The molecule has 3 rings (SSSR count). The van der Waals surface area contributed by atoms with Crippen LogP contribution < -0.4 is 5.32 Å². The van der Waals surface area contributed by atoms with Crippen LogP contribution in [0.3, 0.4) is 0 Å². The molecule has 0 bridgehead atoms. The highest BCUT2D eigenvalue weighted by atomic mass is 19.4. The monoisotopic (exact) mass is 451 g/mol. The Balaban J connectivity index is 1.65. The Morgan fingerprint density at radius 1 is 1.19 bits per heavy atom. The Labute approximate surface area is 185 Å². The summed E-state index contributed by atoms with van der Waals surface area (Å²) >= 11 is 0. The fourth-order valence-corrected chi connectivity index (χ4v) is 3.79. The van der Waals surface area contributed by atoms with Crippen molar-refractivity contribution in [3.63, 3.8) is 0 Å². The molecule has 0 aliphatic carbocycles. The van der Waals surface area contributed by atoms with Gasteiger partial charge in [0.25, 0.3) is 5.91 Å². The third-order valence-electron chi connectivity index (χ3n) is 5.45. The van der Waals surface area contributed by atoms with Gasteiger partial charge in [0.2, 0.25) is 5.91 Å². The molecule has 0 unspecified atom stereocenters. The van der Waals surface area contributed by atoms with E-state index in [-0.39, 0.29) is 23.6 Å². The van der Waals surface area contributed by atoms with Gasteiger partial charge < -0.3 is 10.2 Å². The fourth-order valence-electron chi connectivity index (χ4n) is 3.79. The molecule has 2 aromatic heterocycles. The predicted octanol–water partition coefficient (Wildman–Crippen LogP) is 3.93. The van der Waals surface area contributed by atoms with Gasteiger partial charge in [0.1, 0.15) is 0 Å². The lowest BCUT2D eigenvalue weighted by Crippen LogP contribution is -2.34. The molecule has 1 N–H and O–H groups in total. The molecule has 1 fully saturated rings. The first kappa shape index (κ1) is 23.7. The van der Waals surface area contributed by atoms with E-state index >= 15 is 0 Å². The average Bonchev–Trinajstić information content (AvgIpc) is 3.09. The van der Waals surface area contributed by atoms with Gasteiger partial charge in [-0.2, -0.15) is 18.3 Å². The van der Waals surface area contributed by atoms with E-state index in [0.717, 1.165) is 38.1 Å². The summed E-state index contributed by atoms with van der Waals surface area (Å²) in [6.07, 6.45) is 1.92. The Morgan fingerprint density at radius 2 is 1.97 bits per heavy atom. The third kappa shape index (κ3) is 5.66. The lowest BCUT2D eigenvalue weighted by molar-refractivity contribution is -0.137. The number of halogens is 3. The molecule has 174 valence electrons. The van der Waals surface area contributed by atoms with Crippen molar-refractivity contribution in [1.82, 2.24) is 25.0 Å². The van der Waals surface area contributed by atoms with Gasteiger partial charge in [-0.05, 0) is 37.3 Å². The first-order chi connectivity index (χ1) is 15.2. The van der Waals surface area contributed by atoms with Crippen molar-refractivity contribution in [2.24, 2.45) is 0 Å². The average molecular weight is 451 g/mol. The fraction of sp³-hybridized carbons (Fsp3) is 0.545. The lowest BCUT2D eigenvalue weighted by Gasteiger charge is -2.20. The smallest absolute Gasteiger partial charge is 0.352 e. The number of alkyl halides is 3. The van der Waals surface area contributed by atoms with Crippen molar-refractivity contribution in [2.75, 3.05) is 19.6 Å². The Bertz CT molecular complexity index is 938. The molecule has 2 aromatic rings. The number of nitrogens with zero attached hydrogens (tertiary/aromatic N) is 4. The Kier molecular flexibility index (Phi) is 7.52. The number of aromatic nitrogens is 3. The summed E-state index contributed by atoms with van der Waals surface area (Å²) in [5, 5.41) is 7.06. The summed E-state index contributed by atoms with van der Waals surface area (Å²) in [5.74, 6) is -0.0483. The van der Waals surface area contributed by atoms with Gasteiger partial charge in [0, 0.05) is 32.3 Å². The molecule has 0 radical (unpaired) electrons. The number of amides is 2. The predicted molar refractivity (Wildman–Crippen MR) is 112 cm³/mol. The van der Waals surface area contributed by atoms with Crippen LogP contribution in [-0.4, -0.2) is 51.1 Å². The maximum absolute atomic E-state index is 12.8. The summed E-state index contributed by atoms with van der Waals surface area (Å²) in [5.41, 5.74) is 0.0744. The topological polar surface area (TPSA) is 80.1 Å². The molecular weight excluding hydrogens is 423 g/mol. The number of hydrogen-bond donors (Lipinski definition) is 1. The third-order valence-corrected chi connectivity index (χ3v) is 5.45. The van der Waals surface area contributed by atoms with E-state index in [2.05, 4.69) is 15.4 Å². The number of hydrogen-bond acceptors (Lipinski definition) is 4. The van der Waals surface area contributed by atoms with E-state index in [9.17, 15) is 22.8 Å². The minimum absolute atomic E-state index is 0.114. The van der Waals surface area contributed by atoms with Gasteiger partial charge in [0.05, 0.1) is 23.0 Å². The van der Waals surface area contributed by atoms with E-state index in [1.165, 1.54) is 16.9 Å². The Hall–Kier alpha value is -2.91. The van der Waals surface area contributed by atoms with Crippen molar-refractivity contribution in [1.29, 1.82) is 0 Å². The molecule has 2 amide bonds. The standard InChI is InChI=1S/C22H28F3N5O2/c1-15(2)20-17(14-28-30(20)18-9-8-16(13-27-18)22(23,24)25)21(32)26-10-6-12-29-11-5-3-4-7-19(29)31/h8-9,13-15H,3-7,10-12H2,1-2H3,(H,26,32). The molecule has 10 heteroatoms. The number of carbonyl (C=O) groups excluding carboxylic acids is 2. The van der Waals surface area contributed by atoms with Gasteiger partial charge in [-0.3, -0.25) is 9.59 Å². The summed E-state index contributed by atoms with van der Waals surface area (Å²) in [7, 11) is 0. The second-order valence-corrected chi connectivity index (χ2v) is 8.21. The van der Waals surface area contributed by atoms with E-state index < -0.39 is 11.7 Å². The van der Waals surface area contributed by atoms with Crippen molar-refractivity contribution < 1.29 is 22.8 Å². The zero-order valence-electron chi connectivity index (χ0n) is 18.3. The summed E-state index contributed by atoms with van der Waals surface area (Å²) in [4.78, 5) is 30.6. The van der Waals surface area contributed by atoms with Gasteiger partial charge in [-0.1, -0.05) is 20.3 Å². The summed E-state index contributed by atoms with van der Waals surface area (Å²) in [6, 6.07) is 2.18. The second kappa shape index (κ2) is 10.1. The van der Waals surface area contributed by atoms with Crippen LogP contribution >= 0.6 is 0 Å². The van der Waals surface area contributed by atoms with Crippen molar-refractivity contribution >= 4 is 11.8 Å². The molecule has 0 atom stereocenters. The van der Waals surface area contributed by atoms with E-state index in [1.807, 2.05) is 18.7 Å². The van der Waals surface area contributed by atoms with E-state index in [1.54, 1.807) is 0 Å². The molecule has 1 aliphatic heterocycles. The minimum atomic E-state index is -4.47. The number of pyridine rings is 1. The highest BCUT2D eigenvalue weighted by Crippen LogP contribution is 2.29. The number of rotatable bonds is 7. The van der Waals surface area contributed by atoms with E-state index in [4.69, 9.17) is 0 Å². The number of likely N-dealkylation sites (tertiary alicyclic amines) is 1. The summed E-state index contributed by atoms with van der Waals surface area (Å²) in [6.45, 7) is 5.52. The first-order valence-corrected chi connectivity index (χ1v) is 10.9. The zero-order chi connectivity index (χ0) is 23.3. The van der Waals surface area contributed by atoms with Crippen LogP contribution in [0.4, 0.5) is 13.2 Å². The van der Waals surface area contributed by atoms with Crippen molar-refractivity contribution in [3.05, 3.63) is 41.3 Å². The molecule has 0 aromatic carbocycles. The highest BCUT2D eigenvalue weighted by Gasteiger charge is 2.31. The second-order valence-electron chi connectivity index (χ2n) is 8.21. The van der Waals surface area contributed by atoms with Crippen LogP contribution in [0.1, 0.15) is 73.5 Å². The maximum atomic E-state index is 12.8. The largest absolute Gasteiger partial charge is 0.417 e. The van der Waals surface area contributed by atoms with Crippen LogP contribution in [0.2, 0.25) is 0 Å². The van der Waals surface area contributed by atoms with Crippen LogP contribution in [0.25, 0.3) is 5.82 Å². The molecule has 0 spiro atoms. The zero-order valence-corrected chi connectivity index (χ0v) is 18.3. The molecule has 32 heavy (non-hydrogen) atoms. The molecule has 3 heterocycles. The van der Waals surface area contributed by atoms with Crippen LogP contribution in [0.5, 0.6) is 0 Å². The Morgan fingerprint density at radius 3 is 2.62 bits per heavy atom. The van der Waals surface area contributed by atoms with Crippen LogP contribution in [0, 0.1) is 0 Å². The molecule has 1 saturated heterocycles. The quantitative estimate of drug-likeness (QED) is 0.647. The number of nitrogens with one attached hydrogen (secondary N) is 1. The maximum Gasteiger partial charge on any atom is 0.417 e. The van der Waals surface area contributed by atoms with E-state index in [0.29, 0.717) is 37.2 Å². The summed E-state index contributed by atoms with van der Waals surface area (Å²) < 4.78 is 39.8. The highest BCUT2D eigenvalue weighted by molar-refractivity contribution is 5.95. The SMILES string of the molecule is CC(C)c1c(C(=O)NCCCN2CCCCCC2=O)cnn1-c1ccc(C(F)(F)F)cn1. The number of carbonyl (C=O) groups is 2. The molecule has 0 saturated carbocycles. The van der Waals surface area contributed by atoms with Crippen LogP contribution in [0.15, 0.2) is 24.5 Å². The van der Waals surface area contributed by atoms with Gasteiger partial charge in [0.15, 0.2) is 5.82 Å². The normalized spacial score (nSPS) is 15.2.